The molecular weight excluding hydrogens is 410 g/mol. The van der Waals surface area contributed by atoms with Gasteiger partial charge in [0.1, 0.15) is 11.0 Å². The number of carbonyl (C=O) groups excluding carboxylic acids is 1. The van der Waals surface area contributed by atoms with E-state index in [2.05, 4.69) is 15.5 Å². The van der Waals surface area contributed by atoms with Crippen molar-refractivity contribution < 1.29 is 9.53 Å². The summed E-state index contributed by atoms with van der Waals surface area (Å²) in [6, 6.07) is 26.3. The standard InChI is InChI=1S/C23H21N5O2S/c1-30-19-15-9-8-14-18(19)21-26-27-23(28(21)24)31-20(16-10-4-2-5-11-16)22(29)25-17-12-6-3-7-13-17/h2-15,20H,24H2,1H3,(H,25,29). The monoisotopic (exact) mass is 431 g/mol. The molecule has 0 fully saturated rings. The van der Waals surface area contributed by atoms with Crippen molar-refractivity contribution in [3.8, 4) is 17.1 Å². The Labute approximate surface area is 184 Å². The number of methoxy groups -OCH3 is 1. The van der Waals surface area contributed by atoms with Crippen LogP contribution in [0.3, 0.4) is 0 Å². The smallest absolute Gasteiger partial charge is 0.242 e. The molecule has 4 aromatic rings. The van der Waals surface area contributed by atoms with E-state index >= 15 is 0 Å². The lowest BCUT2D eigenvalue weighted by Gasteiger charge is -2.16. The van der Waals surface area contributed by atoms with E-state index in [0.717, 1.165) is 16.8 Å². The molecule has 156 valence electrons. The summed E-state index contributed by atoms with van der Waals surface area (Å²) >= 11 is 1.24. The van der Waals surface area contributed by atoms with Gasteiger partial charge in [-0.15, -0.1) is 10.2 Å². The van der Waals surface area contributed by atoms with Gasteiger partial charge in [0.15, 0.2) is 5.82 Å². The first-order chi connectivity index (χ1) is 15.2. The predicted octanol–water partition coefficient (Wildman–Crippen LogP) is 4.14. The number of anilines is 1. The number of nitrogens with two attached hydrogens (primary N) is 1. The van der Waals surface area contributed by atoms with Crippen LogP contribution in [0.15, 0.2) is 90.1 Å². The van der Waals surface area contributed by atoms with Crippen LogP contribution >= 0.6 is 11.8 Å². The van der Waals surface area contributed by atoms with Gasteiger partial charge in [-0.25, -0.2) is 4.68 Å². The van der Waals surface area contributed by atoms with E-state index in [-0.39, 0.29) is 5.91 Å². The summed E-state index contributed by atoms with van der Waals surface area (Å²) in [5.74, 6) is 7.24. The number of nitrogens with one attached hydrogen (secondary N) is 1. The molecule has 1 amide bonds. The van der Waals surface area contributed by atoms with Crippen LogP contribution < -0.4 is 15.9 Å². The molecule has 0 radical (unpaired) electrons. The Hall–Kier alpha value is -3.78. The second-order valence-electron chi connectivity index (χ2n) is 6.64. The zero-order valence-corrected chi connectivity index (χ0v) is 17.6. The van der Waals surface area contributed by atoms with Crippen LogP contribution in [-0.4, -0.2) is 27.9 Å². The molecule has 1 unspecified atom stereocenters. The highest BCUT2D eigenvalue weighted by molar-refractivity contribution is 8.00. The van der Waals surface area contributed by atoms with Crippen molar-refractivity contribution in [1.29, 1.82) is 0 Å². The Kier molecular flexibility index (Phi) is 6.18. The van der Waals surface area contributed by atoms with Gasteiger partial charge >= 0.3 is 0 Å². The van der Waals surface area contributed by atoms with Crippen molar-refractivity contribution in [1.82, 2.24) is 14.9 Å². The third-order valence-corrected chi connectivity index (χ3v) is 5.83. The minimum absolute atomic E-state index is 0.177. The minimum atomic E-state index is -0.571. The molecule has 0 bridgehead atoms. The van der Waals surface area contributed by atoms with Gasteiger partial charge in [0.2, 0.25) is 11.1 Å². The van der Waals surface area contributed by atoms with Gasteiger partial charge in [-0.1, -0.05) is 72.4 Å². The van der Waals surface area contributed by atoms with Gasteiger partial charge in [-0.2, -0.15) is 0 Å². The number of para-hydroxylation sites is 2. The van der Waals surface area contributed by atoms with Crippen molar-refractivity contribution >= 4 is 23.4 Å². The molecule has 0 saturated heterocycles. The van der Waals surface area contributed by atoms with Crippen LogP contribution in [0.25, 0.3) is 11.4 Å². The van der Waals surface area contributed by atoms with E-state index < -0.39 is 5.25 Å². The van der Waals surface area contributed by atoms with E-state index in [0.29, 0.717) is 16.7 Å². The maximum Gasteiger partial charge on any atom is 0.242 e. The first kappa shape index (κ1) is 20.5. The quantitative estimate of drug-likeness (QED) is 0.337. The molecule has 4 rings (SSSR count). The maximum atomic E-state index is 13.2. The first-order valence-electron chi connectivity index (χ1n) is 9.59. The van der Waals surface area contributed by atoms with Gasteiger partial charge in [0.25, 0.3) is 0 Å². The molecule has 0 spiro atoms. The minimum Gasteiger partial charge on any atom is -0.496 e. The van der Waals surface area contributed by atoms with Gasteiger partial charge < -0.3 is 15.9 Å². The van der Waals surface area contributed by atoms with Crippen LogP contribution in [0.4, 0.5) is 5.69 Å². The fraction of sp³-hybridized carbons (Fsp3) is 0.0870. The molecule has 7 nitrogen and oxygen atoms in total. The maximum absolute atomic E-state index is 13.2. The Morgan fingerprint density at radius 3 is 2.32 bits per heavy atom. The number of rotatable bonds is 7. The summed E-state index contributed by atoms with van der Waals surface area (Å²) in [7, 11) is 1.59. The third kappa shape index (κ3) is 4.54. The topological polar surface area (TPSA) is 95.1 Å². The molecule has 0 saturated carbocycles. The number of aromatic nitrogens is 3. The zero-order chi connectivity index (χ0) is 21.6. The predicted molar refractivity (Wildman–Crippen MR) is 122 cm³/mol. The summed E-state index contributed by atoms with van der Waals surface area (Å²) in [5, 5.41) is 11.3. The van der Waals surface area contributed by atoms with Crippen molar-refractivity contribution in [2.24, 2.45) is 0 Å². The Bertz CT molecular complexity index is 1170. The van der Waals surface area contributed by atoms with E-state index in [1.807, 2.05) is 84.9 Å². The fourth-order valence-corrected chi connectivity index (χ4v) is 4.06. The average molecular weight is 432 g/mol. The first-order valence-corrected chi connectivity index (χ1v) is 10.5. The molecule has 3 aromatic carbocycles. The highest BCUT2D eigenvalue weighted by Gasteiger charge is 2.26. The molecule has 1 aromatic heterocycles. The van der Waals surface area contributed by atoms with Crippen LogP contribution in [0.5, 0.6) is 5.75 Å². The highest BCUT2D eigenvalue weighted by Crippen LogP contribution is 2.37. The lowest BCUT2D eigenvalue weighted by atomic mass is 10.1. The van der Waals surface area contributed by atoms with Gasteiger partial charge in [-0.05, 0) is 29.8 Å². The molecule has 3 N–H and O–H groups in total. The lowest BCUT2D eigenvalue weighted by molar-refractivity contribution is -0.115. The van der Waals surface area contributed by atoms with Crippen LogP contribution in [0.1, 0.15) is 10.8 Å². The summed E-state index contributed by atoms with van der Waals surface area (Å²) in [6.45, 7) is 0. The number of hydrogen-bond donors (Lipinski definition) is 2. The van der Waals surface area contributed by atoms with Crippen molar-refractivity contribution in [2.45, 2.75) is 10.4 Å². The average Bonchev–Trinajstić information content (AvgIpc) is 3.18. The molecule has 31 heavy (non-hydrogen) atoms. The number of nitrogen functional groups attached to an aromatic ring is 1. The van der Waals surface area contributed by atoms with Gasteiger partial charge in [-0.3, -0.25) is 4.79 Å². The highest BCUT2D eigenvalue weighted by atomic mass is 32.2. The van der Waals surface area contributed by atoms with Crippen LogP contribution in [0.2, 0.25) is 0 Å². The number of benzene rings is 3. The summed E-state index contributed by atoms with van der Waals surface area (Å²) in [6.07, 6.45) is 0. The van der Waals surface area contributed by atoms with Gasteiger partial charge in [0.05, 0.1) is 12.7 Å². The molecule has 0 aliphatic rings. The molecule has 1 heterocycles. The molecule has 0 aliphatic carbocycles. The SMILES string of the molecule is COc1ccccc1-c1nnc(SC(C(=O)Nc2ccccc2)c2ccccc2)n1N. The Balaban J connectivity index is 1.65. The summed E-state index contributed by atoms with van der Waals surface area (Å²) in [4.78, 5) is 13.2. The molecule has 1 atom stereocenters. The Morgan fingerprint density at radius 2 is 1.61 bits per heavy atom. The molecular formula is C23H21N5O2S. The van der Waals surface area contributed by atoms with Crippen molar-refractivity contribution in [2.75, 3.05) is 18.3 Å². The number of thioether (sulfide) groups is 1. The van der Waals surface area contributed by atoms with Gasteiger partial charge in [0, 0.05) is 5.69 Å². The zero-order valence-electron chi connectivity index (χ0n) is 16.8. The lowest BCUT2D eigenvalue weighted by Crippen LogP contribution is -2.20. The van der Waals surface area contributed by atoms with Crippen molar-refractivity contribution in [3.05, 3.63) is 90.5 Å². The van der Waals surface area contributed by atoms with Crippen LogP contribution in [-0.2, 0) is 4.79 Å². The second kappa shape index (κ2) is 9.36. The number of ether oxygens (including phenoxy) is 1. The number of nitrogens with zero attached hydrogens (tertiary/aromatic N) is 3. The molecule has 0 aliphatic heterocycles. The third-order valence-electron chi connectivity index (χ3n) is 4.62. The second-order valence-corrected chi connectivity index (χ2v) is 7.71. The van der Waals surface area contributed by atoms with E-state index in [9.17, 15) is 4.79 Å². The largest absolute Gasteiger partial charge is 0.496 e. The number of carbonyl (C=O) groups is 1. The normalized spacial score (nSPS) is 11.6. The van der Waals surface area contributed by atoms with Crippen molar-refractivity contribution in [3.63, 3.8) is 0 Å². The Morgan fingerprint density at radius 1 is 0.968 bits per heavy atom. The van der Waals surface area contributed by atoms with E-state index in [1.54, 1.807) is 7.11 Å². The number of hydrogen-bond acceptors (Lipinski definition) is 6. The van der Waals surface area contributed by atoms with E-state index in [4.69, 9.17) is 10.6 Å². The summed E-state index contributed by atoms with van der Waals surface area (Å²) in [5.41, 5.74) is 2.28. The molecule has 8 heteroatoms. The number of amides is 1. The summed E-state index contributed by atoms with van der Waals surface area (Å²) < 4.78 is 6.79. The van der Waals surface area contributed by atoms with Crippen LogP contribution in [0, 0.1) is 0 Å². The van der Waals surface area contributed by atoms with E-state index in [1.165, 1.54) is 16.4 Å². The fourth-order valence-electron chi connectivity index (χ4n) is 3.11.